The van der Waals surface area contributed by atoms with Crippen molar-refractivity contribution in [3.63, 3.8) is 0 Å². The number of rotatable bonds is 5. The summed E-state index contributed by atoms with van der Waals surface area (Å²) < 4.78 is 0. The van der Waals surface area contributed by atoms with Crippen molar-refractivity contribution in [2.45, 2.75) is 25.7 Å². The highest BCUT2D eigenvalue weighted by atomic mass is 16.6. The predicted octanol–water partition coefficient (Wildman–Crippen LogP) is 2.12. The minimum absolute atomic E-state index is 0.0107. The zero-order valence-corrected chi connectivity index (χ0v) is 11.2. The van der Waals surface area contributed by atoms with Gasteiger partial charge in [0.25, 0.3) is 5.69 Å². The lowest BCUT2D eigenvalue weighted by Gasteiger charge is -2.22. The molecule has 7 heteroatoms. The number of aromatic nitrogens is 1. The molecule has 3 rings (SSSR count). The van der Waals surface area contributed by atoms with Gasteiger partial charge in [0, 0.05) is 6.54 Å². The fraction of sp³-hybridized carbons (Fsp3) is 0.615. The second-order valence-electron chi connectivity index (χ2n) is 5.81. The van der Waals surface area contributed by atoms with Crippen LogP contribution in [0.4, 0.5) is 17.3 Å². The van der Waals surface area contributed by atoms with E-state index in [0.29, 0.717) is 17.6 Å². The summed E-state index contributed by atoms with van der Waals surface area (Å²) in [5.74, 6) is 8.49. The molecule has 0 amide bonds. The molecule has 2 aliphatic carbocycles. The predicted molar refractivity (Wildman–Crippen MR) is 76.1 cm³/mol. The van der Waals surface area contributed by atoms with Crippen molar-refractivity contribution >= 4 is 17.3 Å². The van der Waals surface area contributed by atoms with Crippen molar-refractivity contribution in [3.8, 4) is 0 Å². The fourth-order valence-electron chi connectivity index (χ4n) is 3.65. The minimum atomic E-state index is -0.439. The monoisotopic (exact) mass is 277 g/mol. The number of hydrazine groups is 1. The molecule has 0 radical (unpaired) electrons. The number of nitrogens with two attached hydrogens (primary N) is 1. The van der Waals surface area contributed by atoms with E-state index in [-0.39, 0.29) is 5.69 Å². The van der Waals surface area contributed by atoms with Gasteiger partial charge in [-0.2, -0.15) is 0 Å². The number of nitro groups is 1. The summed E-state index contributed by atoms with van der Waals surface area (Å²) in [6.45, 7) is 0.833. The molecular formula is C13H19N5O2. The van der Waals surface area contributed by atoms with Crippen LogP contribution < -0.4 is 16.6 Å². The van der Waals surface area contributed by atoms with E-state index in [1.165, 1.54) is 37.8 Å². The SMILES string of the molecule is NNc1cc([N+](=O)[O-])cc(NCC2CC3CCC2C3)n1. The first-order valence-electron chi connectivity index (χ1n) is 7.02. The van der Waals surface area contributed by atoms with Gasteiger partial charge in [-0.1, -0.05) is 6.42 Å². The molecule has 3 atom stereocenters. The Hall–Kier alpha value is -1.89. The van der Waals surface area contributed by atoms with Crippen LogP contribution in [-0.4, -0.2) is 16.5 Å². The summed E-state index contributed by atoms with van der Waals surface area (Å²) >= 11 is 0. The number of nitrogens with zero attached hydrogens (tertiary/aromatic N) is 2. The fourth-order valence-corrected chi connectivity index (χ4v) is 3.65. The van der Waals surface area contributed by atoms with Gasteiger partial charge in [0.05, 0.1) is 17.1 Å². The molecule has 0 spiro atoms. The number of fused-ring (bicyclic) bond motifs is 2. The molecule has 2 bridgehead atoms. The van der Waals surface area contributed by atoms with E-state index in [0.717, 1.165) is 18.4 Å². The molecule has 1 aromatic heterocycles. The van der Waals surface area contributed by atoms with Gasteiger partial charge in [-0.05, 0) is 37.0 Å². The third-order valence-corrected chi connectivity index (χ3v) is 4.60. The van der Waals surface area contributed by atoms with Crippen LogP contribution in [0.5, 0.6) is 0 Å². The second-order valence-corrected chi connectivity index (χ2v) is 5.81. The molecule has 4 N–H and O–H groups in total. The minimum Gasteiger partial charge on any atom is -0.370 e. The van der Waals surface area contributed by atoms with E-state index in [1.807, 2.05) is 0 Å². The lowest BCUT2D eigenvalue weighted by atomic mass is 9.89. The maximum Gasteiger partial charge on any atom is 0.276 e. The topological polar surface area (TPSA) is 106 Å². The Balaban J connectivity index is 1.67. The molecule has 20 heavy (non-hydrogen) atoms. The van der Waals surface area contributed by atoms with Gasteiger partial charge in [0.15, 0.2) is 0 Å². The summed E-state index contributed by atoms with van der Waals surface area (Å²) in [5, 5.41) is 14.1. The molecule has 7 nitrogen and oxygen atoms in total. The lowest BCUT2D eigenvalue weighted by Crippen LogP contribution is -2.21. The van der Waals surface area contributed by atoms with E-state index in [9.17, 15) is 10.1 Å². The van der Waals surface area contributed by atoms with E-state index in [2.05, 4.69) is 15.7 Å². The molecule has 2 fully saturated rings. The van der Waals surface area contributed by atoms with Gasteiger partial charge in [0.1, 0.15) is 11.6 Å². The zero-order chi connectivity index (χ0) is 14.1. The molecule has 3 unspecified atom stereocenters. The van der Waals surface area contributed by atoms with Gasteiger partial charge in [0.2, 0.25) is 0 Å². The lowest BCUT2D eigenvalue weighted by molar-refractivity contribution is -0.384. The maximum atomic E-state index is 10.9. The number of hydrogen-bond acceptors (Lipinski definition) is 6. The summed E-state index contributed by atoms with van der Waals surface area (Å²) in [5.41, 5.74) is 2.35. The number of pyridine rings is 1. The Kier molecular flexibility index (Phi) is 3.43. The first-order valence-corrected chi connectivity index (χ1v) is 7.02. The van der Waals surface area contributed by atoms with Crippen molar-refractivity contribution in [2.75, 3.05) is 17.3 Å². The van der Waals surface area contributed by atoms with Crippen LogP contribution in [0.1, 0.15) is 25.7 Å². The van der Waals surface area contributed by atoms with Crippen LogP contribution in [0.15, 0.2) is 12.1 Å². The number of anilines is 2. The van der Waals surface area contributed by atoms with Crippen LogP contribution in [-0.2, 0) is 0 Å². The smallest absolute Gasteiger partial charge is 0.276 e. The molecule has 108 valence electrons. The zero-order valence-electron chi connectivity index (χ0n) is 11.2. The van der Waals surface area contributed by atoms with Crippen molar-refractivity contribution < 1.29 is 4.92 Å². The number of nitrogen functional groups attached to an aromatic ring is 1. The first kappa shape index (κ1) is 13.1. The van der Waals surface area contributed by atoms with Crippen molar-refractivity contribution in [1.82, 2.24) is 4.98 Å². The van der Waals surface area contributed by atoms with Crippen LogP contribution in [0.3, 0.4) is 0 Å². The van der Waals surface area contributed by atoms with Crippen molar-refractivity contribution in [2.24, 2.45) is 23.6 Å². The third kappa shape index (κ3) is 2.53. The Bertz CT molecular complexity index is 521. The van der Waals surface area contributed by atoms with Crippen LogP contribution in [0.25, 0.3) is 0 Å². The second kappa shape index (κ2) is 5.24. The van der Waals surface area contributed by atoms with Crippen LogP contribution in [0, 0.1) is 27.9 Å². The summed E-state index contributed by atoms with van der Waals surface area (Å²) in [7, 11) is 0. The van der Waals surface area contributed by atoms with Crippen molar-refractivity contribution in [1.29, 1.82) is 0 Å². The normalized spacial score (nSPS) is 27.6. The molecule has 0 aromatic carbocycles. The molecule has 0 aliphatic heterocycles. The number of hydrogen-bond donors (Lipinski definition) is 3. The van der Waals surface area contributed by atoms with Gasteiger partial charge in [-0.25, -0.2) is 10.8 Å². The Morgan fingerprint density at radius 2 is 2.15 bits per heavy atom. The average molecular weight is 277 g/mol. The van der Waals surface area contributed by atoms with Gasteiger partial charge in [-0.3, -0.25) is 10.1 Å². The molecular weight excluding hydrogens is 258 g/mol. The number of nitrogens with one attached hydrogen (secondary N) is 2. The van der Waals surface area contributed by atoms with E-state index >= 15 is 0 Å². The quantitative estimate of drug-likeness (QED) is 0.432. The molecule has 0 saturated heterocycles. The highest BCUT2D eigenvalue weighted by Gasteiger charge is 2.39. The Labute approximate surface area is 117 Å². The Morgan fingerprint density at radius 1 is 1.35 bits per heavy atom. The van der Waals surface area contributed by atoms with Gasteiger partial charge >= 0.3 is 0 Å². The first-order chi connectivity index (χ1) is 9.65. The van der Waals surface area contributed by atoms with E-state index in [4.69, 9.17) is 5.84 Å². The molecule has 1 heterocycles. The summed E-state index contributed by atoms with van der Waals surface area (Å²) in [4.78, 5) is 14.6. The summed E-state index contributed by atoms with van der Waals surface area (Å²) in [6, 6.07) is 2.77. The van der Waals surface area contributed by atoms with Crippen LogP contribution >= 0.6 is 0 Å². The molecule has 1 aromatic rings. The largest absolute Gasteiger partial charge is 0.370 e. The average Bonchev–Trinajstić information content (AvgIpc) is 3.07. The molecule has 2 saturated carbocycles. The highest BCUT2D eigenvalue weighted by molar-refractivity contribution is 5.54. The third-order valence-electron chi connectivity index (χ3n) is 4.60. The van der Waals surface area contributed by atoms with E-state index in [1.54, 1.807) is 0 Å². The highest BCUT2D eigenvalue weighted by Crippen LogP contribution is 2.48. The van der Waals surface area contributed by atoms with Crippen molar-refractivity contribution in [3.05, 3.63) is 22.2 Å². The summed E-state index contributed by atoms with van der Waals surface area (Å²) in [6.07, 6.45) is 5.32. The van der Waals surface area contributed by atoms with Crippen LogP contribution in [0.2, 0.25) is 0 Å². The van der Waals surface area contributed by atoms with E-state index < -0.39 is 4.92 Å². The molecule has 2 aliphatic rings. The maximum absolute atomic E-state index is 10.9. The van der Waals surface area contributed by atoms with Gasteiger partial charge < -0.3 is 10.7 Å². The standard InChI is InChI=1S/C13H19N5O2/c14-17-13-6-11(18(19)20)5-12(16-13)15-7-10-4-8-1-2-9(10)3-8/h5-6,8-10H,1-4,7,14H2,(H2,15,16,17). The Morgan fingerprint density at radius 3 is 2.75 bits per heavy atom. The van der Waals surface area contributed by atoms with Gasteiger partial charge in [-0.15, -0.1) is 0 Å².